The number of aromatic nitrogens is 2. The Balaban J connectivity index is 2.26. The molecule has 0 bridgehead atoms. The molecule has 2 aromatic heterocycles. The molecule has 0 aliphatic heterocycles. The molecule has 3 rings (SSSR count). The summed E-state index contributed by atoms with van der Waals surface area (Å²) in [5.74, 6) is 1.86. The fourth-order valence-electron chi connectivity index (χ4n) is 2.00. The van der Waals surface area contributed by atoms with Gasteiger partial charge in [0.05, 0.1) is 22.9 Å². The van der Waals surface area contributed by atoms with Crippen molar-refractivity contribution < 1.29 is 4.74 Å². The number of anilines is 1. The van der Waals surface area contributed by atoms with E-state index in [0.717, 1.165) is 27.1 Å². The SMILES string of the molecule is COc1ccc(C)cc1-c1nc(N)c2sccc2n1. The van der Waals surface area contributed by atoms with Crippen molar-refractivity contribution in [3.05, 3.63) is 35.2 Å². The summed E-state index contributed by atoms with van der Waals surface area (Å²) in [4.78, 5) is 8.95. The molecule has 3 aromatic rings. The molecule has 96 valence electrons. The number of nitrogens with zero attached hydrogens (tertiary/aromatic N) is 2. The van der Waals surface area contributed by atoms with Crippen LogP contribution >= 0.6 is 11.3 Å². The topological polar surface area (TPSA) is 61.0 Å². The minimum atomic E-state index is 0.513. The third kappa shape index (κ3) is 2.02. The molecule has 0 saturated carbocycles. The zero-order chi connectivity index (χ0) is 13.4. The summed E-state index contributed by atoms with van der Waals surface area (Å²) in [5, 5.41) is 1.97. The number of hydrogen-bond acceptors (Lipinski definition) is 5. The van der Waals surface area contributed by atoms with Gasteiger partial charge in [-0.15, -0.1) is 11.3 Å². The predicted molar refractivity (Wildman–Crippen MR) is 78.6 cm³/mol. The van der Waals surface area contributed by atoms with Crippen LogP contribution in [-0.4, -0.2) is 17.1 Å². The van der Waals surface area contributed by atoms with Crippen molar-refractivity contribution in [2.24, 2.45) is 0 Å². The van der Waals surface area contributed by atoms with E-state index in [2.05, 4.69) is 9.97 Å². The fraction of sp³-hybridized carbons (Fsp3) is 0.143. The van der Waals surface area contributed by atoms with Gasteiger partial charge in [-0.3, -0.25) is 0 Å². The van der Waals surface area contributed by atoms with Crippen LogP contribution in [0.5, 0.6) is 5.75 Å². The van der Waals surface area contributed by atoms with Crippen LogP contribution in [0.4, 0.5) is 5.82 Å². The van der Waals surface area contributed by atoms with Crippen LogP contribution in [0, 0.1) is 6.92 Å². The lowest BCUT2D eigenvalue weighted by atomic mass is 10.1. The highest BCUT2D eigenvalue weighted by molar-refractivity contribution is 7.17. The molecule has 0 radical (unpaired) electrons. The molecule has 0 amide bonds. The molecule has 0 spiro atoms. The zero-order valence-corrected chi connectivity index (χ0v) is 11.5. The van der Waals surface area contributed by atoms with Gasteiger partial charge >= 0.3 is 0 Å². The Morgan fingerprint density at radius 2 is 2.05 bits per heavy atom. The first-order chi connectivity index (χ1) is 9.19. The summed E-state index contributed by atoms with van der Waals surface area (Å²) in [5.41, 5.74) is 8.85. The van der Waals surface area contributed by atoms with Crippen LogP contribution < -0.4 is 10.5 Å². The molecule has 0 fully saturated rings. The average Bonchev–Trinajstić information content (AvgIpc) is 2.87. The van der Waals surface area contributed by atoms with Gasteiger partial charge in [0.1, 0.15) is 11.6 Å². The standard InChI is InChI=1S/C14H13N3OS/c1-8-3-4-11(18-2)9(7-8)14-16-10-5-6-19-12(10)13(15)17-14/h3-7H,1-2H3,(H2,15,16,17). The lowest BCUT2D eigenvalue weighted by Gasteiger charge is -2.09. The van der Waals surface area contributed by atoms with Gasteiger partial charge in [0.2, 0.25) is 0 Å². The Labute approximate surface area is 114 Å². The molecule has 19 heavy (non-hydrogen) atoms. The molecule has 0 unspecified atom stereocenters. The number of rotatable bonds is 2. The van der Waals surface area contributed by atoms with E-state index in [0.29, 0.717) is 11.6 Å². The lowest BCUT2D eigenvalue weighted by Crippen LogP contribution is -1.98. The molecule has 5 heteroatoms. The molecular formula is C14H13N3OS. The number of hydrogen-bond donors (Lipinski definition) is 1. The smallest absolute Gasteiger partial charge is 0.165 e. The molecule has 2 heterocycles. The Bertz CT molecular complexity index is 752. The molecular weight excluding hydrogens is 258 g/mol. The Morgan fingerprint density at radius 1 is 1.21 bits per heavy atom. The van der Waals surface area contributed by atoms with Gasteiger partial charge < -0.3 is 10.5 Å². The largest absolute Gasteiger partial charge is 0.496 e. The van der Waals surface area contributed by atoms with E-state index in [4.69, 9.17) is 10.5 Å². The highest BCUT2D eigenvalue weighted by atomic mass is 32.1. The first-order valence-electron chi connectivity index (χ1n) is 5.85. The van der Waals surface area contributed by atoms with Gasteiger partial charge in [0.15, 0.2) is 5.82 Å². The third-order valence-electron chi connectivity index (χ3n) is 2.93. The molecule has 0 saturated heterocycles. The summed E-state index contributed by atoms with van der Waals surface area (Å²) in [7, 11) is 1.64. The van der Waals surface area contributed by atoms with Crippen molar-refractivity contribution >= 4 is 27.4 Å². The van der Waals surface area contributed by atoms with E-state index in [9.17, 15) is 0 Å². The van der Waals surface area contributed by atoms with Gasteiger partial charge in [-0.25, -0.2) is 9.97 Å². The molecule has 1 aromatic carbocycles. The third-order valence-corrected chi connectivity index (χ3v) is 3.85. The zero-order valence-electron chi connectivity index (χ0n) is 10.7. The second-order valence-corrected chi connectivity index (χ2v) is 5.19. The number of nitrogen functional groups attached to an aromatic ring is 1. The predicted octanol–water partition coefficient (Wildman–Crippen LogP) is 3.26. The van der Waals surface area contributed by atoms with Crippen LogP contribution in [0.25, 0.3) is 21.6 Å². The van der Waals surface area contributed by atoms with Crippen molar-refractivity contribution in [1.82, 2.24) is 9.97 Å². The first kappa shape index (κ1) is 11.9. The van der Waals surface area contributed by atoms with Crippen molar-refractivity contribution in [2.75, 3.05) is 12.8 Å². The monoisotopic (exact) mass is 271 g/mol. The number of ether oxygens (including phenoxy) is 1. The summed E-state index contributed by atoms with van der Waals surface area (Å²) < 4.78 is 6.30. The van der Waals surface area contributed by atoms with Crippen LogP contribution in [-0.2, 0) is 0 Å². The van der Waals surface area contributed by atoms with Crippen molar-refractivity contribution in [3.8, 4) is 17.1 Å². The Hall–Kier alpha value is -2.14. The number of methoxy groups -OCH3 is 1. The van der Waals surface area contributed by atoms with Gasteiger partial charge in [-0.2, -0.15) is 0 Å². The van der Waals surface area contributed by atoms with E-state index < -0.39 is 0 Å². The molecule has 4 nitrogen and oxygen atoms in total. The van der Waals surface area contributed by atoms with Crippen LogP contribution in [0.3, 0.4) is 0 Å². The number of aryl methyl sites for hydroxylation is 1. The number of fused-ring (bicyclic) bond motifs is 1. The Morgan fingerprint density at radius 3 is 2.84 bits per heavy atom. The van der Waals surface area contributed by atoms with Gasteiger partial charge in [-0.1, -0.05) is 11.6 Å². The van der Waals surface area contributed by atoms with Crippen LogP contribution in [0.1, 0.15) is 5.56 Å². The van der Waals surface area contributed by atoms with E-state index in [1.807, 2.05) is 36.6 Å². The van der Waals surface area contributed by atoms with Crippen molar-refractivity contribution in [3.63, 3.8) is 0 Å². The van der Waals surface area contributed by atoms with Crippen molar-refractivity contribution in [2.45, 2.75) is 6.92 Å². The molecule has 0 aliphatic rings. The Kier molecular flexibility index (Phi) is 2.83. The minimum absolute atomic E-state index is 0.513. The van der Waals surface area contributed by atoms with Crippen LogP contribution in [0.2, 0.25) is 0 Å². The molecule has 0 atom stereocenters. The maximum absolute atomic E-state index is 5.99. The summed E-state index contributed by atoms with van der Waals surface area (Å²) >= 11 is 1.55. The fourth-order valence-corrected chi connectivity index (χ4v) is 2.74. The maximum Gasteiger partial charge on any atom is 0.165 e. The second kappa shape index (κ2) is 4.51. The van der Waals surface area contributed by atoms with E-state index in [1.165, 1.54) is 0 Å². The van der Waals surface area contributed by atoms with E-state index >= 15 is 0 Å². The second-order valence-electron chi connectivity index (χ2n) is 4.27. The number of thiophene rings is 1. The van der Waals surface area contributed by atoms with Gasteiger partial charge in [0.25, 0.3) is 0 Å². The number of nitrogens with two attached hydrogens (primary N) is 1. The van der Waals surface area contributed by atoms with E-state index in [-0.39, 0.29) is 0 Å². The van der Waals surface area contributed by atoms with Gasteiger partial charge in [-0.05, 0) is 30.5 Å². The molecule has 2 N–H and O–H groups in total. The quantitative estimate of drug-likeness (QED) is 0.777. The normalized spacial score (nSPS) is 10.8. The minimum Gasteiger partial charge on any atom is -0.496 e. The highest BCUT2D eigenvalue weighted by Crippen LogP contribution is 2.32. The summed E-state index contributed by atoms with van der Waals surface area (Å²) in [6, 6.07) is 7.87. The average molecular weight is 271 g/mol. The lowest BCUT2D eigenvalue weighted by molar-refractivity contribution is 0.416. The maximum atomic E-state index is 5.99. The molecule has 0 aliphatic carbocycles. The summed E-state index contributed by atoms with van der Waals surface area (Å²) in [6.07, 6.45) is 0. The summed E-state index contributed by atoms with van der Waals surface area (Å²) in [6.45, 7) is 2.02. The first-order valence-corrected chi connectivity index (χ1v) is 6.72. The van der Waals surface area contributed by atoms with E-state index in [1.54, 1.807) is 18.4 Å². The van der Waals surface area contributed by atoms with Crippen molar-refractivity contribution in [1.29, 1.82) is 0 Å². The van der Waals surface area contributed by atoms with Gasteiger partial charge in [0, 0.05) is 0 Å². The number of benzene rings is 1. The van der Waals surface area contributed by atoms with Crippen LogP contribution in [0.15, 0.2) is 29.6 Å². The highest BCUT2D eigenvalue weighted by Gasteiger charge is 2.12.